The van der Waals surface area contributed by atoms with Gasteiger partial charge in [0.15, 0.2) is 5.82 Å². The summed E-state index contributed by atoms with van der Waals surface area (Å²) in [5.74, 6) is -0.0950. The zero-order valence-corrected chi connectivity index (χ0v) is 18.1. The van der Waals surface area contributed by atoms with Crippen molar-refractivity contribution in [1.82, 2.24) is 25.5 Å². The molecule has 3 rings (SSSR count). The van der Waals surface area contributed by atoms with E-state index in [4.69, 9.17) is 10.5 Å². The van der Waals surface area contributed by atoms with Gasteiger partial charge in [-0.3, -0.25) is 14.9 Å². The zero-order valence-electron chi connectivity index (χ0n) is 18.1. The fraction of sp³-hybridized carbons (Fsp3) is 0.318. The maximum absolute atomic E-state index is 12.0. The molecule has 1 aromatic heterocycles. The minimum absolute atomic E-state index is 0.0962. The second-order valence-corrected chi connectivity index (χ2v) is 7.14. The van der Waals surface area contributed by atoms with Gasteiger partial charge in [0.05, 0.1) is 12.6 Å². The quantitative estimate of drug-likeness (QED) is 0.406. The molecule has 0 saturated carbocycles. The predicted octanol–water partition coefficient (Wildman–Crippen LogP) is 1.53. The van der Waals surface area contributed by atoms with E-state index in [0.29, 0.717) is 24.6 Å². The van der Waals surface area contributed by atoms with Crippen molar-refractivity contribution in [2.24, 2.45) is 5.73 Å². The molecule has 1 unspecified atom stereocenters. The van der Waals surface area contributed by atoms with Crippen LogP contribution < -0.4 is 16.4 Å². The number of benzene rings is 2. The van der Waals surface area contributed by atoms with E-state index >= 15 is 0 Å². The Balaban J connectivity index is 1.88. The van der Waals surface area contributed by atoms with E-state index in [1.807, 2.05) is 36.4 Å². The number of hydrogen-bond acceptors (Lipinski definition) is 8. The first-order valence-corrected chi connectivity index (χ1v) is 10.3. The van der Waals surface area contributed by atoms with E-state index < -0.39 is 12.0 Å². The number of nitrogens with zero attached hydrogens (tertiary/aromatic N) is 4. The number of aromatic nitrogens is 4. The van der Waals surface area contributed by atoms with Gasteiger partial charge in [-0.25, -0.2) is 4.68 Å². The summed E-state index contributed by atoms with van der Waals surface area (Å²) < 4.78 is 6.46. The number of tetrazole rings is 1. The van der Waals surface area contributed by atoms with Crippen molar-refractivity contribution in [2.75, 3.05) is 11.9 Å². The predicted molar refractivity (Wildman–Crippen MR) is 118 cm³/mol. The largest absolute Gasteiger partial charge is 0.465 e. The molecule has 3 aromatic rings. The van der Waals surface area contributed by atoms with Crippen molar-refractivity contribution in [2.45, 2.75) is 39.5 Å². The molecule has 32 heavy (non-hydrogen) atoms. The first-order chi connectivity index (χ1) is 15.5. The van der Waals surface area contributed by atoms with Crippen LogP contribution in [0.15, 0.2) is 48.5 Å². The highest BCUT2D eigenvalue weighted by Gasteiger charge is 2.22. The van der Waals surface area contributed by atoms with Gasteiger partial charge < -0.3 is 15.8 Å². The minimum Gasteiger partial charge on any atom is -0.465 e. The van der Waals surface area contributed by atoms with E-state index in [1.165, 1.54) is 11.6 Å². The lowest BCUT2D eigenvalue weighted by Gasteiger charge is -2.19. The van der Waals surface area contributed by atoms with Crippen LogP contribution in [-0.4, -0.2) is 38.7 Å². The summed E-state index contributed by atoms with van der Waals surface area (Å²) in [6.45, 7) is 4.37. The van der Waals surface area contributed by atoms with Crippen molar-refractivity contribution in [3.05, 3.63) is 71.0 Å². The Kier molecular flexibility index (Phi) is 8.01. The van der Waals surface area contributed by atoms with E-state index in [1.54, 1.807) is 19.1 Å². The number of esters is 1. The second-order valence-electron chi connectivity index (χ2n) is 7.14. The summed E-state index contributed by atoms with van der Waals surface area (Å²) >= 11 is 0. The molecule has 0 aliphatic rings. The highest BCUT2D eigenvalue weighted by molar-refractivity contribution is 5.88. The van der Waals surface area contributed by atoms with Crippen LogP contribution in [0.25, 0.3) is 0 Å². The number of nitrogens with two attached hydrogens (primary N) is 1. The molecule has 0 aliphatic carbocycles. The third kappa shape index (κ3) is 6.19. The highest BCUT2D eigenvalue weighted by Crippen LogP contribution is 2.23. The van der Waals surface area contributed by atoms with Crippen LogP contribution in [0.2, 0.25) is 0 Å². The normalized spacial score (nSPS) is 11.7. The van der Waals surface area contributed by atoms with Crippen LogP contribution in [0.5, 0.6) is 0 Å². The Hall–Kier alpha value is -3.63. The number of rotatable bonds is 10. The summed E-state index contributed by atoms with van der Waals surface area (Å²) in [4.78, 5) is 23.3. The highest BCUT2D eigenvalue weighted by atomic mass is 16.5. The van der Waals surface area contributed by atoms with Crippen LogP contribution in [0.3, 0.4) is 0 Å². The SMILES string of the molecule is CCOC(=O)Cn1nnnc1C(NCc1cccc(CN)c1)c1ccc(NC(C)=O)cc1. The fourth-order valence-corrected chi connectivity index (χ4v) is 3.27. The van der Waals surface area contributed by atoms with Crippen molar-refractivity contribution in [1.29, 1.82) is 0 Å². The van der Waals surface area contributed by atoms with E-state index in [9.17, 15) is 9.59 Å². The van der Waals surface area contributed by atoms with Crippen molar-refractivity contribution < 1.29 is 14.3 Å². The van der Waals surface area contributed by atoms with Crippen molar-refractivity contribution in [3.63, 3.8) is 0 Å². The number of ether oxygens (including phenoxy) is 1. The van der Waals surface area contributed by atoms with Crippen LogP contribution in [-0.2, 0) is 34.0 Å². The molecule has 0 radical (unpaired) electrons. The van der Waals surface area contributed by atoms with E-state index in [0.717, 1.165) is 16.7 Å². The molecule has 4 N–H and O–H groups in total. The summed E-state index contributed by atoms with van der Waals surface area (Å²) in [5, 5.41) is 18.1. The molecule has 0 spiro atoms. The maximum atomic E-state index is 12.0. The van der Waals surface area contributed by atoms with Crippen LogP contribution in [0.4, 0.5) is 5.69 Å². The number of amides is 1. The number of carbonyl (C=O) groups is 2. The van der Waals surface area contributed by atoms with Gasteiger partial charge in [-0.15, -0.1) is 5.10 Å². The van der Waals surface area contributed by atoms with E-state index in [2.05, 4.69) is 26.2 Å². The molecule has 168 valence electrons. The van der Waals surface area contributed by atoms with Gasteiger partial charge in [-0.05, 0) is 46.2 Å². The molecule has 10 heteroatoms. The Labute approximate surface area is 186 Å². The molecule has 1 atom stereocenters. The lowest BCUT2D eigenvalue weighted by molar-refractivity contribution is -0.144. The van der Waals surface area contributed by atoms with Gasteiger partial charge >= 0.3 is 5.97 Å². The molecule has 0 fully saturated rings. The smallest absolute Gasteiger partial charge is 0.327 e. The number of nitrogens with one attached hydrogen (secondary N) is 2. The first-order valence-electron chi connectivity index (χ1n) is 10.3. The molecule has 1 amide bonds. The second kappa shape index (κ2) is 11.1. The Morgan fingerprint density at radius 3 is 2.59 bits per heavy atom. The fourth-order valence-electron chi connectivity index (χ4n) is 3.27. The number of carbonyl (C=O) groups excluding carboxylic acids is 2. The Morgan fingerprint density at radius 2 is 1.91 bits per heavy atom. The van der Waals surface area contributed by atoms with Gasteiger partial charge in [0, 0.05) is 25.7 Å². The van der Waals surface area contributed by atoms with Gasteiger partial charge in [0.2, 0.25) is 5.91 Å². The molecular weight excluding hydrogens is 410 g/mol. The maximum Gasteiger partial charge on any atom is 0.327 e. The summed E-state index contributed by atoms with van der Waals surface area (Å²) in [7, 11) is 0. The van der Waals surface area contributed by atoms with Gasteiger partial charge in [0.25, 0.3) is 0 Å². The molecule has 2 aromatic carbocycles. The Morgan fingerprint density at radius 1 is 1.16 bits per heavy atom. The monoisotopic (exact) mass is 437 g/mol. The molecule has 1 heterocycles. The summed E-state index contributed by atoms with van der Waals surface area (Å²) in [5.41, 5.74) is 9.40. The van der Waals surface area contributed by atoms with Gasteiger partial charge in [-0.1, -0.05) is 36.4 Å². The third-order valence-corrected chi connectivity index (χ3v) is 4.70. The van der Waals surface area contributed by atoms with Crippen molar-refractivity contribution in [3.8, 4) is 0 Å². The van der Waals surface area contributed by atoms with Crippen LogP contribution >= 0.6 is 0 Å². The number of anilines is 1. The molecular formula is C22H27N7O3. The molecule has 10 nitrogen and oxygen atoms in total. The van der Waals surface area contributed by atoms with Gasteiger partial charge in [0.1, 0.15) is 6.54 Å². The van der Waals surface area contributed by atoms with Crippen LogP contribution in [0.1, 0.15) is 42.4 Å². The number of hydrogen-bond donors (Lipinski definition) is 3. The lowest BCUT2D eigenvalue weighted by Crippen LogP contribution is -2.27. The topological polar surface area (TPSA) is 137 Å². The first kappa shape index (κ1) is 23.0. The average Bonchev–Trinajstić information content (AvgIpc) is 3.22. The zero-order chi connectivity index (χ0) is 22.9. The van der Waals surface area contributed by atoms with E-state index in [-0.39, 0.29) is 19.1 Å². The minimum atomic E-state index is -0.420. The third-order valence-electron chi connectivity index (χ3n) is 4.70. The molecule has 0 aliphatic heterocycles. The molecule has 0 bridgehead atoms. The van der Waals surface area contributed by atoms with Crippen LogP contribution in [0, 0.1) is 0 Å². The van der Waals surface area contributed by atoms with Crippen molar-refractivity contribution >= 4 is 17.6 Å². The molecule has 0 saturated heterocycles. The Bertz CT molecular complexity index is 1050. The lowest BCUT2D eigenvalue weighted by atomic mass is 10.0. The average molecular weight is 438 g/mol. The summed E-state index contributed by atoms with van der Waals surface area (Å²) in [6, 6.07) is 14.9. The summed E-state index contributed by atoms with van der Waals surface area (Å²) in [6.07, 6.45) is 0. The van der Waals surface area contributed by atoms with Gasteiger partial charge in [-0.2, -0.15) is 0 Å². The standard InChI is InChI=1S/C22H27N7O3/c1-3-32-20(31)14-29-22(26-27-28-29)21(18-7-9-19(10-8-18)25-15(2)30)24-13-17-6-4-5-16(11-17)12-23/h4-11,21,24H,3,12-14,23H2,1-2H3,(H,25,30).